The number of hydrogen-bond acceptors (Lipinski definition) is 3. The lowest BCUT2D eigenvalue weighted by molar-refractivity contribution is -0.0289. The zero-order chi connectivity index (χ0) is 17.0. The molecule has 0 bridgehead atoms. The fraction of sp³-hybridized carbons (Fsp3) is 0.667. The summed E-state index contributed by atoms with van der Waals surface area (Å²) in [4.78, 5) is 2.47. The minimum absolute atomic E-state index is 0.122. The van der Waals surface area contributed by atoms with E-state index in [9.17, 15) is 4.39 Å². The standard InChI is InChI=1S/C18H28ClFN2O/c1-18(2,3)22-7-4-5-13(12-22)17(23-8-6-21)14-9-15(19)11-16(20)10-14/h9-11,13,17H,4-8,12,21H2,1-3H3/t13-,17-/m1/s1. The minimum Gasteiger partial charge on any atom is -0.372 e. The van der Waals surface area contributed by atoms with Crippen LogP contribution < -0.4 is 5.73 Å². The summed E-state index contributed by atoms with van der Waals surface area (Å²) in [6.45, 7) is 9.62. The van der Waals surface area contributed by atoms with E-state index in [0.717, 1.165) is 31.5 Å². The van der Waals surface area contributed by atoms with Crippen molar-refractivity contribution in [3.8, 4) is 0 Å². The first-order valence-electron chi connectivity index (χ1n) is 8.34. The second kappa shape index (κ2) is 7.93. The molecule has 0 saturated carbocycles. The number of halogens is 2. The first-order chi connectivity index (χ1) is 10.8. The number of hydrogen-bond donors (Lipinski definition) is 1. The Morgan fingerprint density at radius 1 is 1.39 bits per heavy atom. The van der Waals surface area contributed by atoms with Crippen molar-refractivity contribution in [2.75, 3.05) is 26.2 Å². The van der Waals surface area contributed by atoms with Crippen molar-refractivity contribution < 1.29 is 9.13 Å². The number of nitrogens with two attached hydrogens (primary N) is 1. The molecule has 1 saturated heterocycles. The lowest BCUT2D eigenvalue weighted by Crippen LogP contribution is -2.48. The minimum atomic E-state index is -0.322. The molecule has 0 aromatic heterocycles. The molecule has 0 unspecified atom stereocenters. The van der Waals surface area contributed by atoms with Crippen LogP contribution in [0.4, 0.5) is 4.39 Å². The van der Waals surface area contributed by atoms with Gasteiger partial charge in [-0.1, -0.05) is 11.6 Å². The number of benzene rings is 1. The summed E-state index contributed by atoms with van der Waals surface area (Å²) < 4.78 is 19.8. The number of piperidine rings is 1. The second-order valence-electron chi connectivity index (χ2n) is 7.30. The summed E-state index contributed by atoms with van der Waals surface area (Å²) in [5.74, 6) is -0.00951. The Labute approximate surface area is 143 Å². The van der Waals surface area contributed by atoms with Crippen molar-refractivity contribution in [2.24, 2.45) is 11.7 Å². The van der Waals surface area contributed by atoms with Crippen LogP contribution in [0.25, 0.3) is 0 Å². The topological polar surface area (TPSA) is 38.5 Å². The first-order valence-corrected chi connectivity index (χ1v) is 8.72. The quantitative estimate of drug-likeness (QED) is 0.878. The fourth-order valence-corrected chi connectivity index (χ4v) is 3.54. The van der Waals surface area contributed by atoms with Gasteiger partial charge in [-0.2, -0.15) is 0 Å². The van der Waals surface area contributed by atoms with Crippen LogP contribution in [0.1, 0.15) is 45.3 Å². The van der Waals surface area contributed by atoms with Crippen LogP contribution in [-0.2, 0) is 4.74 Å². The Morgan fingerprint density at radius 2 is 2.13 bits per heavy atom. The fourth-order valence-electron chi connectivity index (χ4n) is 3.31. The maximum Gasteiger partial charge on any atom is 0.125 e. The largest absolute Gasteiger partial charge is 0.372 e. The van der Waals surface area contributed by atoms with Crippen LogP contribution in [-0.4, -0.2) is 36.7 Å². The van der Waals surface area contributed by atoms with E-state index in [4.69, 9.17) is 22.1 Å². The van der Waals surface area contributed by atoms with Crippen molar-refractivity contribution >= 4 is 11.6 Å². The highest BCUT2D eigenvalue weighted by atomic mass is 35.5. The van der Waals surface area contributed by atoms with Gasteiger partial charge < -0.3 is 10.5 Å². The van der Waals surface area contributed by atoms with Gasteiger partial charge in [-0.05, 0) is 63.9 Å². The van der Waals surface area contributed by atoms with Gasteiger partial charge in [0.2, 0.25) is 0 Å². The van der Waals surface area contributed by atoms with E-state index in [2.05, 4.69) is 25.7 Å². The van der Waals surface area contributed by atoms with E-state index in [1.807, 2.05) is 6.07 Å². The molecule has 1 aromatic carbocycles. The van der Waals surface area contributed by atoms with Crippen LogP contribution in [0.3, 0.4) is 0 Å². The number of ether oxygens (including phenoxy) is 1. The monoisotopic (exact) mass is 342 g/mol. The first kappa shape index (κ1) is 18.7. The molecule has 0 aliphatic carbocycles. The Bertz CT molecular complexity index is 498. The van der Waals surface area contributed by atoms with Crippen molar-refractivity contribution in [2.45, 2.75) is 45.3 Å². The van der Waals surface area contributed by atoms with Crippen molar-refractivity contribution in [3.63, 3.8) is 0 Å². The Balaban J connectivity index is 2.23. The van der Waals surface area contributed by atoms with E-state index < -0.39 is 0 Å². The predicted octanol–water partition coefficient (Wildman–Crippen LogP) is 4.01. The predicted molar refractivity (Wildman–Crippen MR) is 93.2 cm³/mol. The molecule has 5 heteroatoms. The van der Waals surface area contributed by atoms with E-state index in [-0.39, 0.29) is 17.5 Å². The molecule has 2 rings (SSSR count). The van der Waals surface area contributed by atoms with Gasteiger partial charge in [0.1, 0.15) is 5.82 Å². The van der Waals surface area contributed by atoms with Gasteiger partial charge in [0.25, 0.3) is 0 Å². The van der Waals surface area contributed by atoms with Gasteiger partial charge in [-0.3, -0.25) is 4.90 Å². The smallest absolute Gasteiger partial charge is 0.125 e. The Morgan fingerprint density at radius 3 is 2.74 bits per heavy atom. The van der Waals surface area contributed by atoms with Gasteiger partial charge in [-0.15, -0.1) is 0 Å². The molecule has 23 heavy (non-hydrogen) atoms. The van der Waals surface area contributed by atoms with E-state index in [1.54, 1.807) is 0 Å². The van der Waals surface area contributed by atoms with E-state index in [0.29, 0.717) is 24.1 Å². The highest BCUT2D eigenvalue weighted by Gasteiger charge is 2.33. The second-order valence-corrected chi connectivity index (χ2v) is 7.74. The molecule has 1 aliphatic heterocycles. The lowest BCUT2D eigenvalue weighted by atomic mass is 9.86. The number of rotatable bonds is 5. The summed E-state index contributed by atoms with van der Waals surface area (Å²) in [7, 11) is 0. The molecular weight excluding hydrogens is 315 g/mol. The molecule has 3 nitrogen and oxygen atoms in total. The molecule has 1 fully saturated rings. The maximum atomic E-state index is 13.8. The van der Waals surface area contributed by atoms with Crippen molar-refractivity contribution in [1.29, 1.82) is 0 Å². The Hall–Kier alpha value is -0.680. The lowest BCUT2D eigenvalue weighted by Gasteiger charge is -2.43. The van der Waals surface area contributed by atoms with Crippen molar-refractivity contribution in [1.82, 2.24) is 4.90 Å². The van der Waals surface area contributed by atoms with Crippen LogP contribution in [0.5, 0.6) is 0 Å². The van der Waals surface area contributed by atoms with E-state index >= 15 is 0 Å². The zero-order valence-electron chi connectivity index (χ0n) is 14.3. The van der Waals surface area contributed by atoms with Gasteiger partial charge in [-0.25, -0.2) is 4.39 Å². The van der Waals surface area contributed by atoms with Crippen LogP contribution in [0, 0.1) is 11.7 Å². The molecule has 0 radical (unpaired) electrons. The van der Waals surface area contributed by atoms with Crippen LogP contribution >= 0.6 is 11.6 Å². The third kappa shape index (κ3) is 5.15. The van der Waals surface area contributed by atoms with Gasteiger partial charge >= 0.3 is 0 Å². The van der Waals surface area contributed by atoms with Gasteiger partial charge in [0.15, 0.2) is 0 Å². The number of nitrogens with zero attached hydrogens (tertiary/aromatic N) is 1. The van der Waals surface area contributed by atoms with Gasteiger partial charge in [0.05, 0.1) is 12.7 Å². The van der Waals surface area contributed by atoms with Crippen molar-refractivity contribution in [3.05, 3.63) is 34.6 Å². The average molecular weight is 343 g/mol. The molecule has 130 valence electrons. The van der Waals surface area contributed by atoms with Crippen LogP contribution in [0.2, 0.25) is 5.02 Å². The average Bonchev–Trinajstić information content (AvgIpc) is 2.46. The molecular formula is C18H28ClFN2O. The van der Waals surface area contributed by atoms with Crippen LogP contribution in [0.15, 0.2) is 18.2 Å². The summed E-state index contributed by atoms with van der Waals surface area (Å²) in [5, 5.41) is 0.407. The highest BCUT2D eigenvalue weighted by Crippen LogP contribution is 2.36. The summed E-state index contributed by atoms with van der Waals surface area (Å²) in [6.07, 6.45) is 2.01. The summed E-state index contributed by atoms with van der Waals surface area (Å²) >= 11 is 6.04. The molecule has 1 aromatic rings. The molecule has 0 spiro atoms. The molecule has 1 aliphatic rings. The third-order valence-corrected chi connectivity index (χ3v) is 4.68. The Kier molecular flexibility index (Phi) is 6.43. The molecule has 1 heterocycles. The van der Waals surface area contributed by atoms with E-state index in [1.165, 1.54) is 12.1 Å². The SMILES string of the molecule is CC(C)(C)N1CCC[C@@H]([C@@H](OCCN)c2cc(F)cc(Cl)c2)C1. The highest BCUT2D eigenvalue weighted by molar-refractivity contribution is 6.30. The number of likely N-dealkylation sites (tertiary alicyclic amines) is 1. The molecule has 2 N–H and O–H groups in total. The maximum absolute atomic E-state index is 13.8. The summed E-state index contributed by atoms with van der Waals surface area (Å²) in [6, 6.07) is 4.67. The zero-order valence-corrected chi connectivity index (χ0v) is 15.1. The molecule has 2 atom stereocenters. The normalized spacial score (nSPS) is 21.4. The van der Waals surface area contributed by atoms with Gasteiger partial charge in [0, 0.05) is 29.6 Å². The third-order valence-electron chi connectivity index (χ3n) is 4.46. The molecule has 0 amide bonds. The summed E-state index contributed by atoms with van der Waals surface area (Å²) in [5.41, 5.74) is 6.54.